The second kappa shape index (κ2) is 6.49. The molecule has 0 saturated heterocycles. The van der Waals surface area contributed by atoms with Gasteiger partial charge in [-0.05, 0) is 25.0 Å². The van der Waals surface area contributed by atoms with Gasteiger partial charge in [0.25, 0.3) is 0 Å². The Hall–Kier alpha value is -0.920. The third-order valence-corrected chi connectivity index (χ3v) is 5.09. The van der Waals surface area contributed by atoms with E-state index in [1.165, 1.54) is 6.07 Å². The number of carbonyl (C=O) groups is 1. The van der Waals surface area contributed by atoms with E-state index in [9.17, 15) is 13.2 Å². The van der Waals surface area contributed by atoms with Crippen LogP contribution in [0, 0.1) is 5.92 Å². The van der Waals surface area contributed by atoms with Crippen molar-refractivity contribution >= 4 is 27.3 Å². The fraction of sp³-hybridized carbons (Fsp3) is 0.583. The molecule has 0 bridgehead atoms. The summed E-state index contributed by atoms with van der Waals surface area (Å²) in [5, 5.41) is 5.04. The topological polar surface area (TPSA) is 80.5 Å². The molecule has 0 fully saturated rings. The number of nitrogens with zero attached hydrogens (tertiary/aromatic N) is 1. The molecule has 1 aromatic heterocycles. The Bertz CT molecular complexity index is 535. The van der Waals surface area contributed by atoms with Gasteiger partial charge in [0, 0.05) is 18.0 Å². The van der Waals surface area contributed by atoms with Gasteiger partial charge in [-0.1, -0.05) is 13.8 Å². The third kappa shape index (κ3) is 4.93. The second-order valence-electron chi connectivity index (χ2n) is 4.77. The van der Waals surface area contributed by atoms with Gasteiger partial charge in [-0.2, -0.15) is 0 Å². The molecular formula is C12H20N2O3S2. The Balaban J connectivity index is 2.74. The fourth-order valence-electron chi connectivity index (χ4n) is 1.72. The van der Waals surface area contributed by atoms with Crippen LogP contribution in [0.3, 0.4) is 0 Å². The maximum Gasteiger partial charge on any atom is 0.247 e. The number of amides is 1. The number of rotatable bonds is 6. The summed E-state index contributed by atoms with van der Waals surface area (Å²) in [6.45, 7) is 7.41. The van der Waals surface area contributed by atoms with Crippen LogP contribution in [0.1, 0.15) is 25.6 Å². The largest absolute Gasteiger partial charge is 0.342 e. The standard InChI is InChI=1S/C12H20N2O3S2/c1-4-14(8-9(2)3)11(15)7-10-5-6-12(18-10)19(13,16)17/h5-6,9H,4,7-8H2,1-3H3,(H2,13,16,17). The van der Waals surface area contributed by atoms with Crippen molar-refractivity contribution in [3.05, 3.63) is 17.0 Å². The number of sulfonamides is 1. The Morgan fingerprint density at radius 2 is 2.05 bits per heavy atom. The van der Waals surface area contributed by atoms with Crippen LogP contribution in [0.5, 0.6) is 0 Å². The molecule has 0 radical (unpaired) electrons. The van der Waals surface area contributed by atoms with E-state index in [1.54, 1.807) is 11.0 Å². The normalized spacial score (nSPS) is 11.8. The van der Waals surface area contributed by atoms with E-state index in [2.05, 4.69) is 13.8 Å². The quantitative estimate of drug-likeness (QED) is 0.863. The van der Waals surface area contributed by atoms with Crippen molar-refractivity contribution in [1.29, 1.82) is 0 Å². The molecule has 1 aromatic rings. The summed E-state index contributed by atoms with van der Waals surface area (Å²) in [6.07, 6.45) is 0.223. The summed E-state index contributed by atoms with van der Waals surface area (Å²) < 4.78 is 22.4. The van der Waals surface area contributed by atoms with Gasteiger partial charge in [-0.15, -0.1) is 11.3 Å². The van der Waals surface area contributed by atoms with Gasteiger partial charge in [0.1, 0.15) is 4.21 Å². The Labute approximate surface area is 118 Å². The first-order valence-electron chi connectivity index (χ1n) is 6.13. The van der Waals surface area contributed by atoms with Gasteiger partial charge >= 0.3 is 0 Å². The van der Waals surface area contributed by atoms with Gasteiger partial charge < -0.3 is 4.90 Å². The van der Waals surface area contributed by atoms with E-state index in [0.29, 0.717) is 19.0 Å². The highest BCUT2D eigenvalue weighted by atomic mass is 32.2. The summed E-state index contributed by atoms with van der Waals surface area (Å²) in [5.41, 5.74) is 0. The molecule has 108 valence electrons. The van der Waals surface area contributed by atoms with E-state index in [1.807, 2.05) is 6.92 Å². The summed E-state index contributed by atoms with van der Waals surface area (Å²) in [6, 6.07) is 3.09. The molecule has 1 heterocycles. The lowest BCUT2D eigenvalue weighted by atomic mass is 10.2. The van der Waals surface area contributed by atoms with Crippen molar-refractivity contribution in [3.8, 4) is 0 Å². The zero-order valence-corrected chi connectivity index (χ0v) is 13.1. The lowest BCUT2D eigenvalue weighted by Gasteiger charge is -2.22. The molecule has 0 saturated carbocycles. The van der Waals surface area contributed by atoms with E-state index >= 15 is 0 Å². The predicted molar refractivity (Wildman–Crippen MR) is 76.5 cm³/mol. The number of hydrogen-bond acceptors (Lipinski definition) is 4. The molecule has 5 nitrogen and oxygen atoms in total. The van der Waals surface area contributed by atoms with E-state index in [-0.39, 0.29) is 16.5 Å². The van der Waals surface area contributed by atoms with Gasteiger partial charge in [-0.3, -0.25) is 4.79 Å². The average molecular weight is 304 g/mol. The lowest BCUT2D eigenvalue weighted by Crippen LogP contribution is -2.34. The summed E-state index contributed by atoms with van der Waals surface area (Å²) >= 11 is 1.05. The minimum absolute atomic E-state index is 0.0130. The number of nitrogens with two attached hydrogens (primary N) is 1. The highest BCUT2D eigenvalue weighted by molar-refractivity contribution is 7.91. The molecule has 0 aliphatic rings. The van der Waals surface area contributed by atoms with Crippen molar-refractivity contribution < 1.29 is 13.2 Å². The molecule has 2 N–H and O–H groups in total. The minimum atomic E-state index is -3.67. The molecule has 7 heteroatoms. The average Bonchev–Trinajstić information content (AvgIpc) is 2.73. The van der Waals surface area contributed by atoms with Gasteiger partial charge in [-0.25, -0.2) is 13.6 Å². The van der Waals surface area contributed by atoms with Crippen LogP contribution in [-0.2, 0) is 21.2 Å². The molecule has 0 aliphatic carbocycles. The van der Waals surface area contributed by atoms with Crippen molar-refractivity contribution in [1.82, 2.24) is 4.90 Å². The molecule has 1 rings (SSSR count). The zero-order chi connectivity index (χ0) is 14.6. The van der Waals surface area contributed by atoms with Crippen LogP contribution in [-0.4, -0.2) is 32.3 Å². The first-order valence-corrected chi connectivity index (χ1v) is 8.49. The van der Waals surface area contributed by atoms with Crippen LogP contribution in [0.2, 0.25) is 0 Å². The number of thiophene rings is 1. The number of carbonyl (C=O) groups excluding carboxylic acids is 1. The van der Waals surface area contributed by atoms with Crippen molar-refractivity contribution in [2.24, 2.45) is 11.1 Å². The Morgan fingerprint density at radius 3 is 2.47 bits per heavy atom. The minimum Gasteiger partial charge on any atom is -0.342 e. The van der Waals surface area contributed by atoms with Crippen molar-refractivity contribution in [2.75, 3.05) is 13.1 Å². The van der Waals surface area contributed by atoms with Gasteiger partial charge in [0.15, 0.2) is 0 Å². The molecule has 1 amide bonds. The van der Waals surface area contributed by atoms with E-state index in [4.69, 9.17) is 5.14 Å². The van der Waals surface area contributed by atoms with Crippen molar-refractivity contribution in [2.45, 2.75) is 31.4 Å². The summed E-state index contributed by atoms with van der Waals surface area (Å²) in [7, 11) is -3.67. The molecule has 0 unspecified atom stereocenters. The van der Waals surface area contributed by atoms with E-state index < -0.39 is 10.0 Å². The van der Waals surface area contributed by atoms with Crippen LogP contribution < -0.4 is 5.14 Å². The number of hydrogen-bond donors (Lipinski definition) is 1. The van der Waals surface area contributed by atoms with Crippen LogP contribution in [0.25, 0.3) is 0 Å². The molecule has 19 heavy (non-hydrogen) atoms. The second-order valence-corrected chi connectivity index (χ2v) is 7.73. The molecule has 0 spiro atoms. The van der Waals surface area contributed by atoms with Crippen LogP contribution in [0.4, 0.5) is 0 Å². The van der Waals surface area contributed by atoms with Crippen molar-refractivity contribution in [3.63, 3.8) is 0 Å². The third-order valence-electron chi connectivity index (χ3n) is 2.56. The Kier molecular flexibility index (Phi) is 5.51. The summed E-state index contributed by atoms with van der Waals surface area (Å²) in [5.74, 6) is 0.422. The van der Waals surface area contributed by atoms with Crippen LogP contribution in [0.15, 0.2) is 16.3 Å². The fourth-order valence-corrected chi connectivity index (χ4v) is 3.48. The number of primary sulfonamides is 1. The number of likely N-dealkylation sites (N-methyl/N-ethyl adjacent to an activating group) is 1. The first-order chi connectivity index (χ1) is 8.74. The van der Waals surface area contributed by atoms with E-state index in [0.717, 1.165) is 16.2 Å². The molecular weight excluding hydrogens is 284 g/mol. The summed E-state index contributed by atoms with van der Waals surface area (Å²) in [4.78, 5) is 14.6. The van der Waals surface area contributed by atoms with Gasteiger partial charge in [0.05, 0.1) is 6.42 Å². The highest BCUT2D eigenvalue weighted by Gasteiger charge is 2.17. The monoisotopic (exact) mass is 304 g/mol. The SMILES string of the molecule is CCN(CC(C)C)C(=O)Cc1ccc(S(N)(=O)=O)s1. The maximum atomic E-state index is 12.1. The van der Waals surface area contributed by atoms with Crippen LogP contribution >= 0.6 is 11.3 Å². The lowest BCUT2D eigenvalue weighted by molar-refractivity contribution is -0.130. The Morgan fingerprint density at radius 1 is 1.42 bits per heavy atom. The maximum absolute atomic E-state index is 12.1. The zero-order valence-electron chi connectivity index (χ0n) is 11.4. The highest BCUT2D eigenvalue weighted by Crippen LogP contribution is 2.21. The smallest absolute Gasteiger partial charge is 0.247 e. The molecule has 0 aliphatic heterocycles. The first kappa shape index (κ1) is 16.1. The molecule has 0 atom stereocenters. The predicted octanol–water partition coefficient (Wildman–Crippen LogP) is 1.44. The molecule has 0 aromatic carbocycles. The van der Waals surface area contributed by atoms with Gasteiger partial charge in [0.2, 0.25) is 15.9 Å².